The van der Waals surface area contributed by atoms with Gasteiger partial charge in [0.2, 0.25) is 0 Å². The smallest absolute Gasteiger partial charge is 0.0326 e. The van der Waals surface area contributed by atoms with Crippen LogP contribution in [0.2, 0.25) is 0 Å². The van der Waals surface area contributed by atoms with Gasteiger partial charge in [-0.25, -0.2) is 0 Å². The van der Waals surface area contributed by atoms with Crippen LogP contribution < -0.4 is 11.1 Å². The number of piperidine rings is 1. The molecule has 2 aliphatic rings. The van der Waals surface area contributed by atoms with Gasteiger partial charge in [-0.3, -0.25) is 0 Å². The van der Waals surface area contributed by atoms with E-state index in [0.717, 1.165) is 11.6 Å². The second kappa shape index (κ2) is 6.15. The van der Waals surface area contributed by atoms with Gasteiger partial charge in [-0.2, -0.15) is 0 Å². The fraction of sp³-hybridized carbons (Fsp3) is 0.647. The highest BCUT2D eigenvalue weighted by Crippen LogP contribution is 2.32. The largest absolute Gasteiger partial charge is 0.399 e. The maximum absolute atomic E-state index is 5.87. The summed E-state index contributed by atoms with van der Waals surface area (Å²) in [5.41, 5.74) is 9.69. The lowest BCUT2D eigenvalue weighted by Gasteiger charge is -2.31. The molecule has 3 nitrogen and oxygen atoms in total. The Morgan fingerprint density at radius 2 is 2.05 bits per heavy atom. The van der Waals surface area contributed by atoms with E-state index < -0.39 is 0 Å². The molecule has 3 heteroatoms. The van der Waals surface area contributed by atoms with Gasteiger partial charge in [-0.15, -0.1) is 0 Å². The number of fused-ring (bicyclic) bond motifs is 1. The Morgan fingerprint density at radius 1 is 1.25 bits per heavy atom. The fourth-order valence-electron chi connectivity index (χ4n) is 3.67. The molecule has 110 valence electrons. The molecule has 0 amide bonds. The summed E-state index contributed by atoms with van der Waals surface area (Å²) in [6, 6.07) is 6.96. The van der Waals surface area contributed by atoms with Gasteiger partial charge in [0.25, 0.3) is 0 Å². The van der Waals surface area contributed by atoms with Crippen LogP contribution in [0.1, 0.15) is 43.4 Å². The van der Waals surface area contributed by atoms with Crippen LogP contribution in [0.15, 0.2) is 18.2 Å². The third-order valence-electron chi connectivity index (χ3n) is 5.05. The molecule has 3 rings (SSSR count). The average molecular weight is 273 g/mol. The average Bonchev–Trinajstić information content (AvgIpc) is 2.88. The quantitative estimate of drug-likeness (QED) is 0.829. The predicted molar refractivity (Wildman–Crippen MR) is 84.8 cm³/mol. The number of hydrogen-bond acceptors (Lipinski definition) is 3. The molecule has 1 saturated heterocycles. The molecular formula is C17H27N3. The number of hydrogen-bond donors (Lipinski definition) is 2. The summed E-state index contributed by atoms with van der Waals surface area (Å²) in [5, 5.41) is 3.80. The molecule has 1 aliphatic carbocycles. The van der Waals surface area contributed by atoms with Crippen LogP contribution in [-0.2, 0) is 6.42 Å². The molecule has 1 aromatic rings. The Balaban J connectivity index is 1.51. The molecule has 0 bridgehead atoms. The van der Waals surface area contributed by atoms with Gasteiger partial charge in [0.05, 0.1) is 0 Å². The Labute approximate surface area is 122 Å². The molecule has 1 heterocycles. The first-order chi connectivity index (χ1) is 9.76. The summed E-state index contributed by atoms with van der Waals surface area (Å²) < 4.78 is 0. The molecule has 20 heavy (non-hydrogen) atoms. The second-order valence-corrected chi connectivity index (χ2v) is 6.34. The minimum atomic E-state index is 0.551. The number of nitrogens with zero attached hydrogens (tertiary/aromatic N) is 1. The number of likely N-dealkylation sites (tertiary alicyclic amines) is 1. The van der Waals surface area contributed by atoms with Crippen LogP contribution in [-0.4, -0.2) is 31.1 Å². The van der Waals surface area contributed by atoms with Crippen molar-refractivity contribution in [1.82, 2.24) is 10.2 Å². The van der Waals surface area contributed by atoms with Crippen molar-refractivity contribution >= 4 is 5.69 Å². The van der Waals surface area contributed by atoms with Crippen molar-refractivity contribution in [3.05, 3.63) is 29.3 Å². The Kier molecular flexibility index (Phi) is 4.27. The van der Waals surface area contributed by atoms with Gasteiger partial charge in [0.15, 0.2) is 0 Å². The zero-order valence-electron chi connectivity index (χ0n) is 12.6. The van der Waals surface area contributed by atoms with Crippen LogP contribution >= 0.6 is 0 Å². The van der Waals surface area contributed by atoms with E-state index in [2.05, 4.69) is 29.3 Å². The summed E-state index contributed by atoms with van der Waals surface area (Å²) in [6.07, 6.45) is 5.10. The molecule has 1 atom stereocenters. The minimum Gasteiger partial charge on any atom is -0.399 e. The van der Waals surface area contributed by atoms with Crippen molar-refractivity contribution in [2.45, 2.75) is 38.6 Å². The molecule has 0 radical (unpaired) electrons. The molecule has 1 fully saturated rings. The molecule has 3 N–H and O–H groups in total. The van der Waals surface area contributed by atoms with Crippen molar-refractivity contribution in [2.75, 3.05) is 31.9 Å². The zero-order valence-corrected chi connectivity index (χ0v) is 12.6. The fourth-order valence-corrected chi connectivity index (χ4v) is 3.67. The Bertz CT molecular complexity index is 450. The van der Waals surface area contributed by atoms with Crippen LogP contribution in [0.4, 0.5) is 5.69 Å². The van der Waals surface area contributed by atoms with E-state index in [9.17, 15) is 0 Å². The van der Waals surface area contributed by atoms with Crippen LogP contribution in [0.25, 0.3) is 0 Å². The van der Waals surface area contributed by atoms with E-state index in [1.54, 1.807) is 0 Å². The minimum absolute atomic E-state index is 0.551. The zero-order chi connectivity index (χ0) is 13.9. The molecule has 0 aromatic heterocycles. The summed E-state index contributed by atoms with van der Waals surface area (Å²) in [7, 11) is 0. The highest BCUT2D eigenvalue weighted by atomic mass is 15.1. The number of nitrogens with one attached hydrogen (secondary N) is 1. The second-order valence-electron chi connectivity index (χ2n) is 6.34. The topological polar surface area (TPSA) is 41.3 Å². The maximum atomic E-state index is 5.87. The lowest BCUT2D eigenvalue weighted by molar-refractivity contribution is 0.187. The van der Waals surface area contributed by atoms with E-state index in [4.69, 9.17) is 5.73 Å². The van der Waals surface area contributed by atoms with Crippen molar-refractivity contribution in [3.8, 4) is 0 Å². The SMILES string of the molecule is CCN1CCC(CNC2CCc3cc(N)ccc32)CC1. The summed E-state index contributed by atoms with van der Waals surface area (Å²) in [6.45, 7) is 7.20. The summed E-state index contributed by atoms with van der Waals surface area (Å²) in [4.78, 5) is 2.56. The third-order valence-corrected chi connectivity index (χ3v) is 5.05. The number of benzene rings is 1. The standard InChI is InChI=1S/C17H27N3/c1-2-20-9-7-13(8-10-20)12-19-17-6-3-14-11-15(18)4-5-16(14)17/h4-5,11,13,17,19H,2-3,6-10,12,18H2,1H3. The Morgan fingerprint density at radius 3 is 2.80 bits per heavy atom. The number of anilines is 1. The van der Waals surface area contributed by atoms with Crippen LogP contribution in [0.5, 0.6) is 0 Å². The first-order valence-electron chi connectivity index (χ1n) is 8.10. The monoisotopic (exact) mass is 273 g/mol. The highest BCUT2D eigenvalue weighted by molar-refractivity contribution is 5.47. The van der Waals surface area contributed by atoms with E-state index >= 15 is 0 Å². The molecule has 0 spiro atoms. The van der Waals surface area contributed by atoms with E-state index in [-0.39, 0.29) is 0 Å². The first-order valence-corrected chi connectivity index (χ1v) is 8.10. The van der Waals surface area contributed by atoms with Crippen molar-refractivity contribution in [1.29, 1.82) is 0 Å². The van der Waals surface area contributed by atoms with Crippen molar-refractivity contribution in [2.24, 2.45) is 5.92 Å². The normalized spacial score (nSPS) is 23.9. The Hall–Kier alpha value is -1.06. The van der Waals surface area contributed by atoms with Gasteiger partial charge in [-0.05, 0) is 81.0 Å². The van der Waals surface area contributed by atoms with Gasteiger partial charge in [0.1, 0.15) is 0 Å². The third kappa shape index (κ3) is 2.99. The van der Waals surface area contributed by atoms with E-state index in [1.807, 2.05) is 6.07 Å². The summed E-state index contributed by atoms with van der Waals surface area (Å²) in [5.74, 6) is 0.857. The number of rotatable bonds is 4. The van der Waals surface area contributed by atoms with Gasteiger partial charge >= 0.3 is 0 Å². The first kappa shape index (κ1) is 13.9. The number of nitrogens with two attached hydrogens (primary N) is 1. The number of aryl methyl sites for hydroxylation is 1. The molecular weight excluding hydrogens is 246 g/mol. The molecule has 1 unspecified atom stereocenters. The summed E-state index contributed by atoms with van der Waals surface area (Å²) >= 11 is 0. The van der Waals surface area contributed by atoms with E-state index in [0.29, 0.717) is 6.04 Å². The molecule has 1 aromatic carbocycles. The van der Waals surface area contributed by atoms with Crippen molar-refractivity contribution < 1.29 is 0 Å². The van der Waals surface area contributed by atoms with Crippen LogP contribution in [0, 0.1) is 5.92 Å². The van der Waals surface area contributed by atoms with Gasteiger partial charge < -0.3 is 16.0 Å². The van der Waals surface area contributed by atoms with E-state index in [1.165, 1.54) is 63.0 Å². The lowest BCUT2D eigenvalue weighted by atomic mass is 9.96. The number of nitrogen functional groups attached to an aromatic ring is 1. The lowest BCUT2D eigenvalue weighted by Crippen LogP contribution is -2.37. The molecule has 1 aliphatic heterocycles. The van der Waals surface area contributed by atoms with Crippen molar-refractivity contribution in [3.63, 3.8) is 0 Å². The van der Waals surface area contributed by atoms with Gasteiger partial charge in [-0.1, -0.05) is 13.0 Å². The van der Waals surface area contributed by atoms with Gasteiger partial charge in [0, 0.05) is 11.7 Å². The van der Waals surface area contributed by atoms with Crippen LogP contribution in [0.3, 0.4) is 0 Å². The molecule has 0 saturated carbocycles. The highest BCUT2D eigenvalue weighted by Gasteiger charge is 2.24. The predicted octanol–water partition coefficient (Wildman–Crippen LogP) is 2.58. The maximum Gasteiger partial charge on any atom is 0.0326 e.